The van der Waals surface area contributed by atoms with E-state index in [1.165, 1.54) is 13.0 Å². The lowest BCUT2D eigenvalue weighted by atomic mass is 10.1. The van der Waals surface area contributed by atoms with Crippen LogP contribution in [0, 0.1) is 18.3 Å². The van der Waals surface area contributed by atoms with E-state index in [1.54, 1.807) is 0 Å². The summed E-state index contributed by atoms with van der Waals surface area (Å²) in [4.78, 5) is 2.39. The van der Waals surface area contributed by atoms with Gasteiger partial charge < -0.3 is 0 Å². The van der Waals surface area contributed by atoms with E-state index in [0.29, 0.717) is 0 Å². The van der Waals surface area contributed by atoms with Crippen molar-refractivity contribution in [2.45, 2.75) is 18.2 Å². The molecule has 0 bridgehead atoms. The van der Waals surface area contributed by atoms with Crippen LogP contribution in [0.15, 0.2) is 11.1 Å². The minimum Gasteiger partial charge on any atom is -0.253 e. The second-order valence-corrected chi connectivity index (χ2v) is 4.49. The predicted octanol–water partition coefficient (Wildman–Crippen LogP) is 0.847. The van der Waals surface area contributed by atoms with E-state index in [2.05, 4.69) is 4.98 Å². The molecule has 86 valence electrons. The first-order chi connectivity index (χ1) is 7.29. The van der Waals surface area contributed by atoms with Gasteiger partial charge in [0.1, 0.15) is 16.7 Å². The number of aryl methyl sites for hydroxylation is 1. The summed E-state index contributed by atoms with van der Waals surface area (Å²) < 4.78 is 47.3. The zero-order valence-electron chi connectivity index (χ0n) is 8.11. The van der Waals surface area contributed by atoms with Gasteiger partial charge in [0.05, 0.1) is 5.56 Å². The van der Waals surface area contributed by atoms with Crippen molar-refractivity contribution in [2.24, 2.45) is 5.14 Å². The Morgan fingerprint density at radius 1 is 1.56 bits per heavy atom. The van der Waals surface area contributed by atoms with Gasteiger partial charge in [0, 0.05) is 6.20 Å². The Hall–Kier alpha value is -1.59. The number of alkyl halides is 2. The van der Waals surface area contributed by atoms with Crippen molar-refractivity contribution in [2.75, 3.05) is 0 Å². The highest BCUT2D eigenvalue weighted by Gasteiger charge is 2.27. The topological polar surface area (TPSA) is 96.8 Å². The van der Waals surface area contributed by atoms with Gasteiger partial charge in [0.15, 0.2) is 0 Å². The van der Waals surface area contributed by atoms with E-state index in [0.717, 1.165) is 6.20 Å². The molecule has 0 aromatic carbocycles. The van der Waals surface area contributed by atoms with Gasteiger partial charge in [-0.3, -0.25) is 4.98 Å². The fraction of sp³-hybridized carbons (Fsp3) is 0.250. The van der Waals surface area contributed by atoms with Crippen LogP contribution in [0.1, 0.15) is 23.2 Å². The lowest BCUT2D eigenvalue weighted by Gasteiger charge is -2.09. The molecule has 1 heterocycles. The first-order valence-electron chi connectivity index (χ1n) is 3.99. The average molecular weight is 247 g/mol. The van der Waals surface area contributed by atoms with Crippen molar-refractivity contribution >= 4 is 10.0 Å². The average Bonchev–Trinajstić information content (AvgIpc) is 2.15. The number of hydrogen-bond donors (Lipinski definition) is 1. The second-order valence-electron chi connectivity index (χ2n) is 2.99. The van der Waals surface area contributed by atoms with Crippen LogP contribution in [0.25, 0.3) is 0 Å². The van der Waals surface area contributed by atoms with Crippen LogP contribution < -0.4 is 5.14 Å². The molecule has 2 N–H and O–H groups in total. The van der Waals surface area contributed by atoms with Crippen LogP contribution in [0.4, 0.5) is 8.78 Å². The predicted molar refractivity (Wildman–Crippen MR) is 50.0 cm³/mol. The van der Waals surface area contributed by atoms with E-state index < -0.39 is 32.6 Å². The van der Waals surface area contributed by atoms with E-state index in [1.807, 2.05) is 0 Å². The summed E-state index contributed by atoms with van der Waals surface area (Å²) in [6.45, 7) is 1.38. The number of rotatable bonds is 2. The van der Waals surface area contributed by atoms with Crippen molar-refractivity contribution in [3.8, 4) is 6.07 Å². The fourth-order valence-corrected chi connectivity index (χ4v) is 2.10. The Bertz CT molecular complexity index is 563. The van der Waals surface area contributed by atoms with Gasteiger partial charge in [-0.2, -0.15) is 5.26 Å². The lowest BCUT2D eigenvalue weighted by molar-refractivity contribution is 0.142. The Balaban J connectivity index is 3.77. The summed E-state index contributed by atoms with van der Waals surface area (Å²) in [7, 11) is -4.41. The standard InChI is InChI=1S/C8H7F2N3O2S/c1-4-3-13-6(8(9)10)7(5(4)2-11)16(12,14)15/h3,8H,1H3,(H2,12,14,15). The number of halogens is 2. The lowest BCUT2D eigenvalue weighted by Crippen LogP contribution is -2.18. The number of primary sulfonamides is 1. The number of aromatic nitrogens is 1. The van der Waals surface area contributed by atoms with Crippen molar-refractivity contribution in [3.05, 3.63) is 23.0 Å². The number of hydrogen-bond acceptors (Lipinski definition) is 4. The van der Waals surface area contributed by atoms with Crippen LogP contribution in [-0.2, 0) is 10.0 Å². The van der Waals surface area contributed by atoms with Gasteiger partial charge in [-0.05, 0) is 12.5 Å². The first-order valence-corrected chi connectivity index (χ1v) is 5.54. The molecule has 0 spiro atoms. The monoisotopic (exact) mass is 247 g/mol. The summed E-state index contributed by atoms with van der Waals surface area (Å²) in [6.07, 6.45) is -2.10. The molecule has 0 aliphatic rings. The molecular weight excluding hydrogens is 240 g/mol. The van der Waals surface area contributed by atoms with Gasteiger partial charge in [-0.1, -0.05) is 0 Å². The highest BCUT2D eigenvalue weighted by atomic mass is 32.2. The molecule has 8 heteroatoms. The minimum atomic E-state index is -4.41. The van der Waals surface area contributed by atoms with Crippen LogP contribution in [0.5, 0.6) is 0 Å². The van der Waals surface area contributed by atoms with E-state index in [-0.39, 0.29) is 5.56 Å². The molecule has 0 radical (unpaired) electrons. The molecule has 1 rings (SSSR count). The molecule has 16 heavy (non-hydrogen) atoms. The molecule has 0 fully saturated rings. The van der Waals surface area contributed by atoms with E-state index in [9.17, 15) is 17.2 Å². The number of nitrogens with zero attached hydrogens (tertiary/aromatic N) is 2. The summed E-state index contributed by atoms with van der Waals surface area (Å²) in [5.41, 5.74) is -1.21. The summed E-state index contributed by atoms with van der Waals surface area (Å²) in [5, 5.41) is 13.5. The van der Waals surface area contributed by atoms with Crippen molar-refractivity contribution < 1.29 is 17.2 Å². The van der Waals surface area contributed by atoms with Crippen LogP contribution >= 0.6 is 0 Å². The SMILES string of the molecule is Cc1cnc(C(F)F)c(S(N)(=O)=O)c1C#N. The maximum Gasteiger partial charge on any atom is 0.281 e. The third-order valence-corrected chi connectivity index (χ3v) is 2.84. The van der Waals surface area contributed by atoms with Crippen LogP contribution in [-0.4, -0.2) is 13.4 Å². The Morgan fingerprint density at radius 3 is 2.50 bits per heavy atom. The summed E-state index contributed by atoms with van der Waals surface area (Å²) >= 11 is 0. The zero-order valence-corrected chi connectivity index (χ0v) is 8.92. The first kappa shape index (κ1) is 12.5. The molecule has 0 unspecified atom stereocenters. The number of nitrogens with two attached hydrogens (primary N) is 1. The van der Waals surface area contributed by atoms with Crippen LogP contribution in [0.2, 0.25) is 0 Å². The Labute approximate surface area is 90.6 Å². The molecule has 0 amide bonds. The normalized spacial score (nSPS) is 11.5. The number of nitriles is 1. The molecule has 1 aromatic heterocycles. The number of pyridine rings is 1. The molecule has 0 aliphatic carbocycles. The van der Waals surface area contributed by atoms with Gasteiger partial charge in [0.25, 0.3) is 6.43 Å². The number of sulfonamides is 1. The smallest absolute Gasteiger partial charge is 0.253 e. The highest BCUT2D eigenvalue weighted by Crippen LogP contribution is 2.27. The Morgan fingerprint density at radius 2 is 2.12 bits per heavy atom. The van der Waals surface area contributed by atoms with Gasteiger partial charge in [-0.25, -0.2) is 22.3 Å². The maximum atomic E-state index is 12.5. The zero-order chi connectivity index (χ0) is 12.5. The third kappa shape index (κ3) is 2.15. The van der Waals surface area contributed by atoms with Gasteiger partial charge in [0.2, 0.25) is 10.0 Å². The molecule has 5 nitrogen and oxygen atoms in total. The fourth-order valence-electron chi connectivity index (χ4n) is 1.18. The Kier molecular flexibility index (Phi) is 3.21. The van der Waals surface area contributed by atoms with Gasteiger partial charge >= 0.3 is 0 Å². The maximum absolute atomic E-state index is 12.5. The molecule has 0 aliphatic heterocycles. The van der Waals surface area contributed by atoms with Crippen molar-refractivity contribution in [1.29, 1.82) is 5.26 Å². The van der Waals surface area contributed by atoms with Crippen LogP contribution in [0.3, 0.4) is 0 Å². The van der Waals surface area contributed by atoms with E-state index >= 15 is 0 Å². The largest absolute Gasteiger partial charge is 0.281 e. The van der Waals surface area contributed by atoms with Crippen molar-refractivity contribution in [3.63, 3.8) is 0 Å². The molecule has 1 aromatic rings. The third-order valence-electron chi connectivity index (χ3n) is 1.85. The molecule has 0 saturated carbocycles. The van der Waals surface area contributed by atoms with Gasteiger partial charge in [-0.15, -0.1) is 0 Å². The quantitative estimate of drug-likeness (QED) is 0.837. The minimum absolute atomic E-state index is 0.177. The molecule has 0 saturated heterocycles. The summed E-state index contributed by atoms with van der Waals surface area (Å²) in [5.74, 6) is 0. The second kappa shape index (κ2) is 4.11. The highest BCUT2D eigenvalue weighted by molar-refractivity contribution is 7.89. The molecular formula is C8H7F2N3O2S. The molecule has 0 atom stereocenters. The van der Waals surface area contributed by atoms with Crippen molar-refractivity contribution in [1.82, 2.24) is 4.98 Å². The van der Waals surface area contributed by atoms with E-state index in [4.69, 9.17) is 10.4 Å². The summed E-state index contributed by atoms with van der Waals surface area (Å²) in [6, 6.07) is 1.53.